The van der Waals surface area contributed by atoms with E-state index in [1.54, 1.807) is 7.11 Å². The number of nitrogens with one attached hydrogen (secondary N) is 2. The van der Waals surface area contributed by atoms with Crippen molar-refractivity contribution in [3.63, 3.8) is 0 Å². The van der Waals surface area contributed by atoms with E-state index >= 15 is 0 Å². The van der Waals surface area contributed by atoms with Crippen molar-refractivity contribution >= 4 is 11.8 Å². The summed E-state index contributed by atoms with van der Waals surface area (Å²) in [5.74, 6) is 0.631. The fourth-order valence-electron chi connectivity index (χ4n) is 2.64. The molecule has 0 saturated carbocycles. The second-order valence-electron chi connectivity index (χ2n) is 7.00. The zero-order valence-electron chi connectivity index (χ0n) is 15.1. The highest BCUT2D eigenvalue weighted by atomic mass is 16.6. The Morgan fingerprint density at radius 2 is 2.00 bits per heavy atom. The van der Waals surface area contributed by atoms with Gasteiger partial charge in [-0.25, -0.2) is 4.79 Å². The van der Waals surface area contributed by atoms with Gasteiger partial charge in [-0.15, -0.1) is 0 Å². The Labute approximate surface area is 144 Å². The predicted molar refractivity (Wildman–Crippen MR) is 95.9 cm³/mol. The molecule has 1 amide bonds. The van der Waals surface area contributed by atoms with E-state index in [2.05, 4.69) is 15.5 Å². The summed E-state index contributed by atoms with van der Waals surface area (Å²) in [4.78, 5) is 14.5. The van der Waals surface area contributed by atoms with Crippen LogP contribution in [0.15, 0.2) is 18.2 Å². The van der Waals surface area contributed by atoms with Crippen LogP contribution in [0.5, 0.6) is 5.75 Å². The number of amides is 1. The van der Waals surface area contributed by atoms with Crippen LogP contribution in [0.25, 0.3) is 0 Å². The lowest BCUT2D eigenvalue weighted by atomic mass is 10.1. The van der Waals surface area contributed by atoms with Crippen molar-refractivity contribution in [2.75, 3.05) is 45.2 Å². The number of benzene rings is 1. The first-order valence-corrected chi connectivity index (χ1v) is 8.47. The fourth-order valence-corrected chi connectivity index (χ4v) is 2.64. The number of carbonyl (C=O) groups is 1. The van der Waals surface area contributed by atoms with Gasteiger partial charge in [0.2, 0.25) is 0 Å². The zero-order valence-corrected chi connectivity index (χ0v) is 15.1. The SMILES string of the molecule is COc1ccc(CCN2CCNCC2)cc1NC(=O)OC(C)(C)C. The van der Waals surface area contributed by atoms with Crippen LogP contribution in [0.1, 0.15) is 26.3 Å². The van der Waals surface area contributed by atoms with Gasteiger partial charge in [0.1, 0.15) is 11.4 Å². The second-order valence-corrected chi connectivity index (χ2v) is 7.00. The van der Waals surface area contributed by atoms with Crippen LogP contribution in [0.3, 0.4) is 0 Å². The molecule has 1 aromatic carbocycles. The maximum atomic E-state index is 12.0. The molecule has 2 rings (SSSR count). The Hall–Kier alpha value is -1.79. The van der Waals surface area contributed by atoms with Gasteiger partial charge in [-0.1, -0.05) is 6.07 Å². The average Bonchev–Trinajstić information content (AvgIpc) is 2.52. The van der Waals surface area contributed by atoms with Gasteiger partial charge in [-0.05, 0) is 44.9 Å². The number of methoxy groups -OCH3 is 1. The highest BCUT2D eigenvalue weighted by Gasteiger charge is 2.18. The maximum Gasteiger partial charge on any atom is 0.412 e. The van der Waals surface area contributed by atoms with Crippen LogP contribution in [0, 0.1) is 0 Å². The first-order chi connectivity index (χ1) is 11.4. The van der Waals surface area contributed by atoms with Gasteiger partial charge >= 0.3 is 6.09 Å². The molecule has 0 radical (unpaired) electrons. The number of piperazine rings is 1. The number of carbonyl (C=O) groups excluding carboxylic acids is 1. The molecule has 1 fully saturated rings. The van der Waals surface area contributed by atoms with Gasteiger partial charge in [0.25, 0.3) is 0 Å². The summed E-state index contributed by atoms with van der Waals surface area (Å²) in [6, 6.07) is 5.89. The van der Waals surface area contributed by atoms with Crippen LogP contribution < -0.4 is 15.4 Å². The number of hydrogen-bond acceptors (Lipinski definition) is 5. The normalized spacial score (nSPS) is 15.8. The Bertz CT molecular complexity index is 549. The Morgan fingerprint density at radius 3 is 2.62 bits per heavy atom. The van der Waals surface area contributed by atoms with Crippen molar-refractivity contribution < 1.29 is 14.3 Å². The molecule has 0 atom stereocenters. The first kappa shape index (κ1) is 18.5. The van der Waals surface area contributed by atoms with Crippen LogP contribution >= 0.6 is 0 Å². The van der Waals surface area contributed by atoms with E-state index in [0.29, 0.717) is 11.4 Å². The van der Waals surface area contributed by atoms with Gasteiger partial charge < -0.3 is 19.7 Å². The van der Waals surface area contributed by atoms with Crippen molar-refractivity contribution in [1.29, 1.82) is 0 Å². The largest absolute Gasteiger partial charge is 0.495 e. The summed E-state index contributed by atoms with van der Waals surface area (Å²) in [5.41, 5.74) is 1.28. The molecule has 1 aromatic rings. The second kappa shape index (κ2) is 8.35. The molecule has 24 heavy (non-hydrogen) atoms. The van der Waals surface area contributed by atoms with Crippen LogP contribution in [-0.4, -0.2) is 56.4 Å². The molecule has 2 N–H and O–H groups in total. The Morgan fingerprint density at radius 1 is 1.29 bits per heavy atom. The third-order valence-corrected chi connectivity index (χ3v) is 3.83. The summed E-state index contributed by atoms with van der Waals surface area (Å²) >= 11 is 0. The summed E-state index contributed by atoms with van der Waals surface area (Å²) < 4.78 is 10.7. The van der Waals surface area contributed by atoms with Gasteiger partial charge in [-0.2, -0.15) is 0 Å². The molecule has 1 saturated heterocycles. The standard InChI is InChI=1S/C18H29N3O3/c1-18(2,3)24-17(22)20-15-13-14(5-6-16(15)23-4)7-10-21-11-8-19-9-12-21/h5-6,13,19H,7-12H2,1-4H3,(H,20,22). The monoisotopic (exact) mass is 335 g/mol. The van der Waals surface area contributed by atoms with Crippen molar-refractivity contribution in [2.24, 2.45) is 0 Å². The minimum Gasteiger partial charge on any atom is -0.495 e. The summed E-state index contributed by atoms with van der Waals surface area (Å²) in [7, 11) is 1.59. The van der Waals surface area contributed by atoms with Crippen molar-refractivity contribution in [3.8, 4) is 5.75 Å². The van der Waals surface area contributed by atoms with Crippen molar-refractivity contribution in [3.05, 3.63) is 23.8 Å². The van der Waals surface area contributed by atoms with Crippen LogP contribution in [0.4, 0.5) is 10.5 Å². The Balaban J connectivity index is 1.99. The third kappa shape index (κ3) is 6.02. The van der Waals surface area contributed by atoms with Gasteiger partial charge in [0.05, 0.1) is 12.8 Å². The van der Waals surface area contributed by atoms with E-state index < -0.39 is 11.7 Å². The molecule has 0 spiro atoms. The van der Waals surface area contributed by atoms with Crippen LogP contribution in [-0.2, 0) is 11.2 Å². The van der Waals surface area contributed by atoms with E-state index in [0.717, 1.165) is 39.1 Å². The molecule has 1 aliphatic heterocycles. The predicted octanol–water partition coefficient (Wildman–Crippen LogP) is 2.49. The summed E-state index contributed by atoms with van der Waals surface area (Å²) in [6.45, 7) is 10.8. The van der Waals surface area contributed by atoms with E-state index in [-0.39, 0.29) is 0 Å². The number of rotatable bonds is 5. The zero-order chi connectivity index (χ0) is 17.6. The molecule has 6 heteroatoms. The number of anilines is 1. The van der Waals surface area contributed by atoms with Gasteiger partial charge in [-0.3, -0.25) is 5.32 Å². The number of nitrogens with zero attached hydrogens (tertiary/aromatic N) is 1. The number of ether oxygens (including phenoxy) is 2. The maximum absolute atomic E-state index is 12.0. The highest BCUT2D eigenvalue weighted by molar-refractivity contribution is 5.87. The average molecular weight is 335 g/mol. The molecular weight excluding hydrogens is 306 g/mol. The lowest BCUT2D eigenvalue weighted by molar-refractivity contribution is 0.0635. The van der Waals surface area contributed by atoms with E-state index in [1.807, 2.05) is 39.0 Å². The minimum atomic E-state index is -0.531. The minimum absolute atomic E-state index is 0.472. The number of hydrogen-bond donors (Lipinski definition) is 2. The Kier molecular flexibility index (Phi) is 6.45. The lowest BCUT2D eigenvalue weighted by Crippen LogP contribution is -2.44. The first-order valence-electron chi connectivity index (χ1n) is 8.47. The van der Waals surface area contributed by atoms with Gasteiger partial charge in [0, 0.05) is 32.7 Å². The van der Waals surface area contributed by atoms with E-state index in [1.165, 1.54) is 5.56 Å². The van der Waals surface area contributed by atoms with Crippen molar-refractivity contribution in [1.82, 2.24) is 10.2 Å². The van der Waals surface area contributed by atoms with E-state index in [9.17, 15) is 4.79 Å². The topological polar surface area (TPSA) is 62.8 Å². The molecule has 0 aromatic heterocycles. The fraction of sp³-hybridized carbons (Fsp3) is 0.611. The van der Waals surface area contributed by atoms with Gasteiger partial charge in [0.15, 0.2) is 0 Å². The third-order valence-electron chi connectivity index (χ3n) is 3.83. The quantitative estimate of drug-likeness (QED) is 0.866. The van der Waals surface area contributed by atoms with Crippen LogP contribution in [0.2, 0.25) is 0 Å². The molecule has 1 aliphatic rings. The molecular formula is C18H29N3O3. The lowest BCUT2D eigenvalue weighted by Gasteiger charge is -2.27. The van der Waals surface area contributed by atoms with Crippen molar-refractivity contribution in [2.45, 2.75) is 32.8 Å². The molecule has 1 heterocycles. The summed E-state index contributed by atoms with van der Waals surface area (Å²) in [6.07, 6.45) is 0.465. The molecule has 0 aliphatic carbocycles. The molecule has 6 nitrogen and oxygen atoms in total. The van der Waals surface area contributed by atoms with E-state index in [4.69, 9.17) is 9.47 Å². The summed E-state index contributed by atoms with van der Waals surface area (Å²) in [5, 5.41) is 6.14. The smallest absolute Gasteiger partial charge is 0.412 e. The molecule has 134 valence electrons. The highest BCUT2D eigenvalue weighted by Crippen LogP contribution is 2.26. The molecule has 0 bridgehead atoms. The molecule has 0 unspecified atom stereocenters.